The van der Waals surface area contributed by atoms with Crippen molar-refractivity contribution in [3.05, 3.63) is 51.2 Å². The Kier molecular flexibility index (Phi) is 4.64. The van der Waals surface area contributed by atoms with E-state index in [0.29, 0.717) is 6.61 Å². The van der Waals surface area contributed by atoms with E-state index in [-0.39, 0.29) is 6.04 Å². The number of ether oxygens (including phenoxy) is 1. The van der Waals surface area contributed by atoms with E-state index >= 15 is 0 Å². The molecule has 1 aromatic heterocycles. The van der Waals surface area contributed by atoms with Crippen LogP contribution in [0.25, 0.3) is 0 Å². The average molecular weight is 282 g/mol. The minimum atomic E-state index is 0.107. The van der Waals surface area contributed by atoms with Gasteiger partial charge in [0, 0.05) is 10.9 Å². The monoisotopic (exact) mass is 281 g/mol. The Morgan fingerprint density at radius 2 is 1.94 bits per heavy atom. The summed E-state index contributed by atoms with van der Waals surface area (Å²) >= 11 is 7.40. The topological polar surface area (TPSA) is 35.2 Å². The molecule has 0 aliphatic carbocycles. The number of thiophene rings is 1. The van der Waals surface area contributed by atoms with Gasteiger partial charge in [-0.25, -0.2) is 0 Å². The molecule has 1 heterocycles. The predicted molar refractivity (Wildman–Crippen MR) is 77.3 cm³/mol. The third-order valence-corrected chi connectivity index (χ3v) is 3.96. The van der Waals surface area contributed by atoms with Gasteiger partial charge in [-0.1, -0.05) is 30.7 Å². The molecule has 0 unspecified atom stereocenters. The van der Waals surface area contributed by atoms with Crippen LogP contribution in [0.5, 0.6) is 5.75 Å². The molecule has 2 nitrogen and oxygen atoms in total. The van der Waals surface area contributed by atoms with Gasteiger partial charge >= 0.3 is 0 Å². The van der Waals surface area contributed by atoms with Crippen LogP contribution in [0, 0.1) is 0 Å². The molecule has 4 heteroatoms. The zero-order valence-electron chi connectivity index (χ0n) is 10.2. The van der Waals surface area contributed by atoms with Gasteiger partial charge in [0.2, 0.25) is 0 Å². The molecule has 0 radical (unpaired) electrons. The van der Waals surface area contributed by atoms with Gasteiger partial charge in [-0.3, -0.25) is 0 Å². The minimum absolute atomic E-state index is 0.107. The van der Waals surface area contributed by atoms with Crippen molar-refractivity contribution >= 4 is 22.9 Å². The molecule has 0 saturated heterocycles. The molecular formula is C14H16ClNOS. The molecule has 2 aromatic rings. The normalized spacial score (nSPS) is 12.4. The van der Waals surface area contributed by atoms with E-state index in [4.69, 9.17) is 22.1 Å². The Bertz CT molecular complexity index is 495. The molecule has 0 fully saturated rings. The number of rotatable bonds is 5. The second kappa shape index (κ2) is 6.23. The van der Waals surface area contributed by atoms with Crippen LogP contribution in [0.4, 0.5) is 0 Å². The Hall–Kier alpha value is -1.03. The fourth-order valence-corrected chi connectivity index (χ4v) is 2.63. The van der Waals surface area contributed by atoms with E-state index in [0.717, 1.165) is 26.9 Å². The van der Waals surface area contributed by atoms with Crippen molar-refractivity contribution in [2.45, 2.75) is 26.0 Å². The van der Waals surface area contributed by atoms with Crippen molar-refractivity contribution in [1.82, 2.24) is 0 Å². The Morgan fingerprint density at radius 1 is 1.22 bits per heavy atom. The summed E-state index contributed by atoms with van der Waals surface area (Å²) in [5.41, 5.74) is 7.10. The van der Waals surface area contributed by atoms with Crippen LogP contribution < -0.4 is 10.5 Å². The summed E-state index contributed by atoms with van der Waals surface area (Å²) in [6.45, 7) is 2.63. The number of nitrogens with two attached hydrogens (primary N) is 1. The van der Waals surface area contributed by atoms with Gasteiger partial charge in [-0.05, 0) is 36.2 Å². The van der Waals surface area contributed by atoms with Gasteiger partial charge < -0.3 is 10.5 Å². The van der Waals surface area contributed by atoms with Crippen LogP contribution in [-0.4, -0.2) is 0 Å². The van der Waals surface area contributed by atoms with E-state index in [1.807, 2.05) is 36.4 Å². The van der Waals surface area contributed by atoms with Gasteiger partial charge in [0.15, 0.2) is 0 Å². The third-order valence-electron chi connectivity index (χ3n) is 2.76. The molecule has 0 amide bonds. The lowest BCUT2D eigenvalue weighted by Crippen LogP contribution is -2.08. The van der Waals surface area contributed by atoms with E-state index in [1.165, 1.54) is 11.3 Å². The van der Waals surface area contributed by atoms with Gasteiger partial charge in [-0.2, -0.15) is 0 Å². The molecule has 1 atom stereocenters. The lowest BCUT2D eigenvalue weighted by Gasteiger charge is -2.10. The average Bonchev–Trinajstić information content (AvgIpc) is 2.82. The standard InChI is InChI=1S/C14H16ClNOS/c1-2-13(16)10-3-5-11(6-4-10)17-9-12-7-8-14(15)18-12/h3-8,13H,2,9,16H2,1H3/t13-/m0/s1. The molecule has 0 aliphatic heterocycles. The van der Waals surface area contributed by atoms with Crippen LogP contribution in [0.2, 0.25) is 4.34 Å². The van der Waals surface area contributed by atoms with Crippen LogP contribution >= 0.6 is 22.9 Å². The summed E-state index contributed by atoms with van der Waals surface area (Å²) in [7, 11) is 0. The fourth-order valence-electron chi connectivity index (χ4n) is 1.63. The SMILES string of the molecule is CC[C@H](N)c1ccc(OCc2ccc(Cl)s2)cc1. The van der Waals surface area contributed by atoms with E-state index < -0.39 is 0 Å². The largest absolute Gasteiger partial charge is 0.488 e. The number of hydrogen-bond acceptors (Lipinski definition) is 3. The van der Waals surface area contributed by atoms with Gasteiger partial charge in [-0.15, -0.1) is 11.3 Å². The second-order valence-electron chi connectivity index (χ2n) is 4.08. The first-order valence-corrected chi connectivity index (χ1v) is 7.11. The summed E-state index contributed by atoms with van der Waals surface area (Å²) in [6.07, 6.45) is 0.938. The van der Waals surface area contributed by atoms with Crippen molar-refractivity contribution in [2.24, 2.45) is 5.73 Å². The zero-order chi connectivity index (χ0) is 13.0. The Balaban J connectivity index is 1.94. The Morgan fingerprint density at radius 3 is 2.50 bits per heavy atom. The number of benzene rings is 1. The lowest BCUT2D eigenvalue weighted by molar-refractivity contribution is 0.309. The molecule has 1 aromatic carbocycles. The fraction of sp³-hybridized carbons (Fsp3) is 0.286. The molecule has 18 heavy (non-hydrogen) atoms. The highest BCUT2D eigenvalue weighted by Crippen LogP contribution is 2.24. The summed E-state index contributed by atoms with van der Waals surface area (Å²) in [5.74, 6) is 0.853. The van der Waals surface area contributed by atoms with Crippen molar-refractivity contribution in [3.63, 3.8) is 0 Å². The molecule has 0 saturated carbocycles. The third kappa shape index (κ3) is 3.48. The maximum atomic E-state index is 5.96. The zero-order valence-corrected chi connectivity index (χ0v) is 11.8. The summed E-state index contributed by atoms with van der Waals surface area (Å²) in [5, 5.41) is 0. The highest BCUT2D eigenvalue weighted by Gasteiger charge is 2.04. The maximum absolute atomic E-state index is 5.96. The number of hydrogen-bond donors (Lipinski definition) is 1. The molecule has 96 valence electrons. The van der Waals surface area contributed by atoms with Crippen LogP contribution in [0.15, 0.2) is 36.4 Å². The quantitative estimate of drug-likeness (QED) is 0.882. The lowest BCUT2D eigenvalue weighted by atomic mass is 10.1. The Labute approximate surface area is 116 Å². The van der Waals surface area contributed by atoms with Crippen LogP contribution in [0.1, 0.15) is 29.8 Å². The second-order valence-corrected chi connectivity index (χ2v) is 5.88. The first-order valence-electron chi connectivity index (χ1n) is 5.91. The van der Waals surface area contributed by atoms with Gasteiger partial charge in [0.05, 0.1) is 4.34 Å². The predicted octanol–water partition coefficient (Wildman–Crippen LogP) is 4.39. The van der Waals surface area contributed by atoms with Crippen molar-refractivity contribution in [2.75, 3.05) is 0 Å². The molecule has 0 spiro atoms. The molecule has 2 N–H and O–H groups in total. The van der Waals surface area contributed by atoms with Gasteiger partial charge in [0.25, 0.3) is 0 Å². The molecule has 0 bridgehead atoms. The van der Waals surface area contributed by atoms with E-state index in [2.05, 4.69) is 6.92 Å². The van der Waals surface area contributed by atoms with Crippen LogP contribution in [-0.2, 0) is 6.61 Å². The first kappa shape index (κ1) is 13.4. The highest BCUT2D eigenvalue weighted by atomic mass is 35.5. The summed E-state index contributed by atoms with van der Waals surface area (Å²) < 4.78 is 6.47. The molecule has 2 rings (SSSR count). The van der Waals surface area contributed by atoms with Crippen molar-refractivity contribution in [1.29, 1.82) is 0 Å². The summed E-state index contributed by atoms with van der Waals surface area (Å²) in [4.78, 5) is 1.12. The summed E-state index contributed by atoms with van der Waals surface area (Å²) in [6, 6.07) is 11.9. The smallest absolute Gasteiger partial charge is 0.122 e. The van der Waals surface area contributed by atoms with Crippen molar-refractivity contribution in [3.8, 4) is 5.75 Å². The van der Waals surface area contributed by atoms with Gasteiger partial charge in [0.1, 0.15) is 12.4 Å². The molecular weight excluding hydrogens is 266 g/mol. The minimum Gasteiger partial charge on any atom is -0.488 e. The van der Waals surface area contributed by atoms with Crippen molar-refractivity contribution < 1.29 is 4.74 Å². The van der Waals surface area contributed by atoms with Crippen LogP contribution in [0.3, 0.4) is 0 Å². The maximum Gasteiger partial charge on any atom is 0.122 e. The van der Waals surface area contributed by atoms with E-state index in [1.54, 1.807) is 0 Å². The van der Waals surface area contributed by atoms with E-state index in [9.17, 15) is 0 Å². The highest BCUT2D eigenvalue weighted by molar-refractivity contribution is 7.16. The molecule has 0 aliphatic rings. The first-order chi connectivity index (χ1) is 8.69. The number of halogens is 1.